The molecule has 1 N–H and O–H groups in total. The van der Waals surface area contributed by atoms with Crippen LogP contribution in [0.1, 0.15) is 44.1 Å². The van der Waals surface area contributed by atoms with Gasteiger partial charge in [0, 0.05) is 19.8 Å². The summed E-state index contributed by atoms with van der Waals surface area (Å²) >= 11 is 0. The van der Waals surface area contributed by atoms with Crippen molar-refractivity contribution in [3.63, 3.8) is 0 Å². The van der Waals surface area contributed by atoms with Crippen LogP contribution in [0.4, 0.5) is 5.69 Å². The second-order valence-electron chi connectivity index (χ2n) is 8.38. The molecule has 0 aliphatic heterocycles. The molecule has 4 nitrogen and oxygen atoms in total. The van der Waals surface area contributed by atoms with Gasteiger partial charge in [-0.15, -0.1) is 0 Å². The van der Waals surface area contributed by atoms with E-state index in [0.717, 1.165) is 48.3 Å². The largest absolute Gasteiger partial charge is 0.378 e. The Morgan fingerprint density at radius 1 is 1.08 bits per heavy atom. The molecular weight excluding hydrogens is 298 g/mol. The summed E-state index contributed by atoms with van der Waals surface area (Å²) in [6.07, 6.45) is 9.06. The topological polar surface area (TPSA) is 44.7 Å². The second-order valence-corrected chi connectivity index (χ2v) is 8.38. The molecule has 4 bridgehead atoms. The molecule has 0 heterocycles. The molecule has 1 aromatic carbocycles. The van der Waals surface area contributed by atoms with Crippen LogP contribution >= 0.6 is 0 Å². The molecule has 128 valence electrons. The van der Waals surface area contributed by atoms with E-state index in [9.17, 15) is 4.79 Å². The van der Waals surface area contributed by atoms with Gasteiger partial charge in [0.2, 0.25) is 5.91 Å². The summed E-state index contributed by atoms with van der Waals surface area (Å²) in [6, 6.07) is 8.16. The Morgan fingerprint density at radius 2 is 1.62 bits per heavy atom. The van der Waals surface area contributed by atoms with E-state index < -0.39 is 0 Å². The van der Waals surface area contributed by atoms with Crippen LogP contribution in [-0.4, -0.2) is 26.2 Å². The number of hydrogen-bond acceptors (Lipinski definition) is 3. The van der Waals surface area contributed by atoms with Crippen LogP contribution in [0.5, 0.6) is 0 Å². The van der Waals surface area contributed by atoms with Gasteiger partial charge in [0.1, 0.15) is 0 Å². The van der Waals surface area contributed by atoms with Gasteiger partial charge in [-0.3, -0.25) is 4.79 Å². The Labute approximate surface area is 144 Å². The minimum Gasteiger partial charge on any atom is -0.378 e. The number of nitrogens with one attached hydrogen (secondary N) is 1. The third-order valence-electron chi connectivity index (χ3n) is 6.31. The van der Waals surface area contributed by atoms with Crippen molar-refractivity contribution >= 4 is 17.8 Å². The minimum atomic E-state index is -0.124. The predicted molar refractivity (Wildman–Crippen MR) is 97.1 cm³/mol. The summed E-state index contributed by atoms with van der Waals surface area (Å²) in [5.74, 6) is 2.50. The van der Waals surface area contributed by atoms with Crippen molar-refractivity contribution in [1.82, 2.24) is 5.43 Å². The van der Waals surface area contributed by atoms with Gasteiger partial charge in [-0.05, 0) is 74.0 Å². The molecule has 5 rings (SSSR count). The average molecular weight is 325 g/mol. The fourth-order valence-electron chi connectivity index (χ4n) is 5.53. The quantitative estimate of drug-likeness (QED) is 0.681. The van der Waals surface area contributed by atoms with E-state index in [0.29, 0.717) is 0 Å². The number of hydrogen-bond donors (Lipinski definition) is 1. The highest BCUT2D eigenvalue weighted by molar-refractivity contribution is 5.86. The summed E-state index contributed by atoms with van der Waals surface area (Å²) in [6.45, 7) is 0. The van der Waals surface area contributed by atoms with Crippen LogP contribution in [0.3, 0.4) is 0 Å². The van der Waals surface area contributed by atoms with Crippen LogP contribution in [0.25, 0.3) is 0 Å². The van der Waals surface area contributed by atoms with Crippen LogP contribution in [0, 0.1) is 23.2 Å². The predicted octanol–water partition coefficient (Wildman–Crippen LogP) is 3.42. The maximum Gasteiger partial charge on any atom is 0.246 e. The molecule has 0 spiro atoms. The highest BCUT2D eigenvalue weighted by Crippen LogP contribution is 2.60. The minimum absolute atomic E-state index is 0.124. The highest BCUT2D eigenvalue weighted by atomic mass is 16.2. The SMILES string of the molecule is CN(C)c1ccc(/C=N/NC(=O)C23CC4CC(CC(C4)C2)C3)cc1. The Balaban J connectivity index is 1.39. The van der Waals surface area contributed by atoms with Crippen molar-refractivity contribution in [2.45, 2.75) is 38.5 Å². The molecule has 0 radical (unpaired) electrons. The molecule has 4 aliphatic rings. The Bertz CT molecular complexity index is 612. The van der Waals surface area contributed by atoms with Gasteiger partial charge in [0.25, 0.3) is 0 Å². The number of benzene rings is 1. The maximum atomic E-state index is 12.8. The monoisotopic (exact) mass is 325 g/mol. The third kappa shape index (κ3) is 2.83. The van der Waals surface area contributed by atoms with Gasteiger partial charge in [0.15, 0.2) is 0 Å². The zero-order chi connectivity index (χ0) is 16.7. The van der Waals surface area contributed by atoms with E-state index in [-0.39, 0.29) is 11.3 Å². The van der Waals surface area contributed by atoms with E-state index >= 15 is 0 Å². The summed E-state index contributed by atoms with van der Waals surface area (Å²) in [4.78, 5) is 14.9. The van der Waals surface area contributed by atoms with Crippen molar-refractivity contribution in [2.24, 2.45) is 28.3 Å². The molecule has 4 fully saturated rings. The Morgan fingerprint density at radius 3 is 2.12 bits per heavy atom. The maximum absolute atomic E-state index is 12.8. The number of nitrogens with zero attached hydrogens (tertiary/aromatic N) is 2. The molecule has 4 saturated carbocycles. The van der Waals surface area contributed by atoms with Gasteiger partial charge in [-0.1, -0.05) is 12.1 Å². The molecule has 1 amide bonds. The average Bonchev–Trinajstić information content (AvgIpc) is 2.54. The highest BCUT2D eigenvalue weighted by Gasteiger charge is 2.54. The van der Waals surface area contributed by atoms with E-state index in [1.165, 1.54) is 19.3 Å². The molecule has 0 atom stereocenters. The van der Waals surface area contributed by atoms with Gasteiger partial charge in [0.05, 0.1) is 11.6 Å². The molecule has 0 unspecified atom stereocenters. The van der Waals surface area contributed by atoms with Crippen molar-refractivity contribution < 1.29 is 4.79 Å². The van der Waals surface area contributed by atoms with Crippen molar-refractivity contribution in [3.8, 4) is 0 Å². The van der Waals surface area contributed by atoms with Gasteiger partial charge < -0.3 is 4.90 Å². The zero-order valence-corrected chi connectivity index (χ0v) is 14.7. The Hall–Kier alpha value is -1.84. The lowest BCUT2D eigenvalue weighted by atomic mass is 9.49. The first-order valence-corrected chi connectivity index (χ1v) is 9.15. The number of amides is 1. The molecule has 4 aliphatic carbocycles. The lowest BCUT2D eigenvalue weighted by Gasteiger charge is -2.55. The van der Waals surface area contributed by atoms with E-state index in [1.54, 1.807) is 6.21 Å². The van der Waals surface area contributed by atoms with E-state index in [2.05, 4.69) is 27.6 Å². The number of hydrazone groups is 1. The van der Waals surface area contributed by atoms with E-state index in [1.807, 2.05) is 26.2 Å². The van der Waals surface area contributed by atoms with Crippen LogP contribution < -0.4 is 10.3 Å². The zero-order valence-electron chi connectivity index (χ0n) is 14.7. The molecule has 24 heavy (non-hydrogen) atoms. The van der Waals surface area contributed by atoms with Crippen molar-refractivity contribution in [3.05, 3.63) is 29.8 Å². The number of anilines is 1. The fourth-order valence-corrected chi connectivity index (χ4v) is 5.53. The van der Waals surface area contributed by atoms with Gasteiger partial charge in [-0.2, -0.15) is 5.10 Å². The molecule has 0 saturated heterocycles. The van der Waals surface area contributed by atoms with E-state index in [4.69, 9.17) is 0 Å². The van der Waals surface area contributed by atoms with Crippen molar-refractivity contribution in [2.75, 3.05) is 19.0 Å². The first kappa shape index (κ1) is 15.7. The summed E-state index contributed by atoms with van der Waals surface area (Å²) in [5.41, 5.74) is 4.88. The first-order chi connectivity index (χ1) is 11.5. The number of rotatable bonds is 4. The Kier molecular flexibility index (Phi) is 3.86. The number of carbonyl (C=O) groups excluding carboxylic acids is 1. The molecular formula is C20H27N3O. The normalized spacial score (nSPS) is 33.8. The molecule has 4 heteroatoms. The third-order valence-corrected chi connectivity index (χ3v) is 6.31. The van der Waals surface area contributed by atoms with Gasteiger partial charge in [-0.25, -0.2) is 5.43 Å². The van der Waals surface area contributed by atoms with Crippen LogP contribution in [0.15, 0.2) is 29.4 Å². The lowest BCUT2D eigenvalue weighted by molar-refractivity contribution is -0.146. The summed E-state index contributed by atoms with van der Waals surface area (Å²) in [5, 5.41) is 4.24. The standard InChI is InChI=1S/C20H27N3O/c1-23(2)18-5-3-14(4-6-18)13-21-22-19(24)20-10-15-7-16(11-20)9-17(8-15)12-20/h3-6,13,15-17H,7-12H2,1-2H3,(H,22,24)/b21-13+. The summed E-state index contributed by atoms with van der Waals surface area (Å²) in [7, 11) is 4.05. The fraction of sp³-hybridized carbons (Fsp3) is 0.600. The lowest BCUT2D eigenvalue weighted by Crippen LogP contribution is -2.52. The first-order valence-electron chi connectivity index (χ1n) is 9.15. The number of carbonyl (C=O) groups is 1. The van der Waals surface area contributed by atoms with Crippen LogP contribution in [-0.2, 0) is 4.79 Å². The van der Waals surface area contributed by atoms with Crippen LogP contribution in [0.2, 0.25) is 0 Å². The second kappa shape index (κ2) is 5.91. The summed E-state index contributed by atoms with van der Waals surface area (Å²) < 4.78 is 0. The van der Waals surface area contributed by atoms with Crippen molar-refractivity contribution in [1.29, 1.82) is 0 Å². The smallest absolute Gasteiger partial charge is 0.246 e. The molecule has 0 aromatic heterocycles. The van der Waals surface area contributed by atoms with Gasteiger partial charge >= 0.3 is 0 Å². The molecule has 1 aromatic rings.